The number of hydrogen-bond acceptors (Lipinski definition) is 3. The maximum absolute atomic E-state index is 13.0. The van der Waals surface area contributed by atoms with Gasteiger partial charge in [-0.2, -0.15) is 0 Å². The van der Waals surface area contributed by atoms with Gasteiger partial charge in [0, 0.05) is 13.1 Å². The third-order valence-electron chi connectivity index (χ3n) is 3.43. The number of aryl methyl sites for hydroxylation is 1. The van der Waals surface area contributed by atoms with Crippen LogP contribution in [0.4, 0.5) is 4.39 Å². The van der Waals surface area contributed by atoms with E-state index in [4.69, 9.17) is 0 Å². The summed E-state index contributed by atoms with van der Waals surface area (Å²) in [7, 11) is -2.04. The summed E-state index contributed by atoms with van der Waals surface area (Å²) in [6.45, 7) is 2.99. The SMILES string of the molecule is CNS(=O)(=O)c1cccc(CNCc2ccc(F)cc2C)c1. The van der Waals surface area contributed by atoms with Crippen molar-refractivity contribution >= 4 is 10.0 Å². The number of nitrogens with one attached hydrogen (secondary N) is 2. The van der Waals surface area contributed by atoms with Crippen LogP contribution in [0.5, 0.6) is 0 Å². The zero-order chi connectivity index (χ0) is 16.2. The molecule has 0 unspecified atom stereocenters. The highest BCUT2D eigenvalue weighted by atomic mass is 32.2. The van der Waals surface area contributed by atoms with E-state index in [1.165, 1.54) is 19.2 Å². The predicted octanol–water partition coefficient (Wildman–Crippen LogP) is 2.33. The fourth-order valence-corrected chi connectivity index (χ4v) is 2.94. The van der Waals surface area contributed by atoms with E-state index in [1.807, 2.05) is 13.0 Å². The zero-order valence-electron chi connectivity index (χ0n) is 12.6. The minimum atomic E-state index is -3.43. The third kappa shape index (κ3) is 4.13. The van der Waals surface area contributed by atoms with Crippen LogP contribution in [0.1, 0.15) is 16.7 Å². The standard InChI is InChI=1S/C16H19FN2O2S/c1-12-8-15(17)7-6-14(12)11-19-10-13-4-3-5-16(9-13)22(20,21)18-2/h3-9,18-19H,10-11H2,1-2H3. The molecule has 0 spiro atoms. The van der Waals surface area contributed by atoms with Gasteiger partial charge in [0.05, 0.1) is 4.90 Å². The number of hydrogen-bond donors (Lipinski definition) is 2. The summed E-state index contributed by atoms with van der Waals surface area (Å²) in [6, 6.07) is 11.4. The molecule has 0 fully saturated rings. The zero-order valence-corrected chi connectivity index (χ0v) is 13.4. The van der Waals surface area contributed by atoms with Crippen molar-refractivity contribution in [2.24, 2.45) is 0 Å². The Labute approximate surface area is 130 Å². The van der Waals surface area contributed by atoms with Crippen molar-refractivity contribution in [1.29, 1.82) is 0 Å². The first-order chi connectivity index (χ1) is 10.4. The molecule has 0 aliphatic rings. The van der Waals surface area contributed by atoms with Crippen molar-refractivity contribution in [2.75, 3.05) is 7.05 Å². The van der Waals surface area contributed by atoms with Crippen molar-refractivity contribution in [2.45, 2.75) is 24.9 Å². The average molecular weight is 322 g/mol. The van der Waals surface area contributed by atoms with Crippen LogP contribution in [0, 0.1) is 12.7 Å². The second kappa shape index (κ2) is 7.00. The summed E-state index contributed by atoms with van der Waals surface area (Å²) in [4.78, 5) is 0.243. The van der Waals surface area contributed by atoms with Crippen molar-refractivity contribution in [1.82, 2.24) is 10.0 Å². The van der Waals surface area contributed by atoms with Crippen LogP contribution < -0.4 is 10.0 Å². The molecule has 2 N–H and O–H groups in total. The van der Waals surface area contributed by atoms with Gasteiger partial charge in [-0.05, 0) is 54.9 Å². The Bertz CT molecular complexity index is 760. The monoisotopic (exact) mass is 322 g/mol. The van der Waals surface area contributed by atoms with Gasteiger partial charge in [-0.1, -0.05) is 18.2 Å². The maximum atomic E-state index is 13.0. The molecule has 2 rings (SSSR count). The number of benzene rings is 2. The molecule has 0 aliphatic carbocycles. The first-order valence-electron chi connectivity index (χ1n) is 6.90. The lowest BCUT2D eigenvalue weighted by Gasteiger charge is -2.09. The van der Waals surface area contributed by atoms with Crippen LogP contribution in [0.3, 0.4) is 0 Å². The van der Waals surface area contributed by atoms with Crippen molar-refractivity contribution in [3.63, 3.8) is 0 Å². The maximum Gasteiger partial charge on any atom is 0.240 e. The van der Waals surface area contributed by atoms with Gasteiger partial charge in [0.1, 0.15) is 5.82 Å². The lowest BCUT2D eigenvalue weighted by atomic mass is 10.1. The number of halogens is 1. The Balaban J connectivity index is 2.02. The number of rotatable bonds is 6. The lowest BCUT2D eigenvalue weighted by Crippen LogP contribution is -2.19. The largest absolute Gasteiger partial charge is 0.309 e. The van der Waals surface area contributed by atoms with Crippen LogP contribution in [0.2, 0.25) is 0 Å². The van der Waals surface area contributed by atoms with Gasteiger partial charge in [0.2, 0.25) is 10.0 Å². The van der Waals surface area contributed by atoms with Crippen LogP contribution in [-0.4, -0.2) is 15.5 Å². The van der Waals surface area contributed by atoms with Crippen LogP contribution in [0.25, 0.3) is 0 Å². The second-order valence-corrected chi connectivity index (χ2v) is 6.92. The summed E-state index contributed by atoms with van der Waals surface area (Å²) in [5.41, 5.74) is 2.77. The first-order valence-corrected chi connectivity index (χ1v) is 8.39. The van der Waals surface area contributed by atoms with E-state index in [0.29, 0.717) is 13.1 Å². The topological polar surface area (TPSA) is 58.2 Å². The van der Waals surface area contributed by atoms with Gasteiger partial charge < -0.3 is 5.32 Å². The Morgan fingerprint density at radius 1 is 1.09 bits per heavy atom. The van der Waals surface area contributed by atoms with Crippen molar-refractivity contribution < 1.29 is 12.8 Å². The highest BCUT2D eigenvalue weighted by Gasteiger charge is 2.11. The molecule has 0 aliphatic heterocycles. The van der Waals surface area contributed by atoms with Crippen LogP contribution in [-0.2, 0) is 23.1 Å². The van der Waals surface area contributed by atoms with E-state index >= 15 is 0 Å². The van der Waals surface area contributed by atoms with E-state index in [1.54, 1.807) is 24.3 Å². The Hall–Kier alpha value is -1.76. The molecule has 6 heteroatoms. The molecule has 118 valence electrons. The molecule has 0 saturated heterocycles. The molecule has 0 amide bonds. The molecule has 0 atom stereocenters. The van der Waals surface area contributed by atoms with Crippen molar-refractivity contribution in [3.05, 3.63) is 65.0 Å². The molecule has 4 nitrogen and oxygen atoms in total. The molecule has 0 saturated carbocycles. The Kier molecular flexibility index (Phi) is 5.28. The minimum absolute atomic E-state index is 0.243. The molecular weight excluding hydrogens is 303 g/mol. The van der Waals surface area contributed by atoms with Gasteiger partial charge in [-0.25, -0.2) is 17.5 Å². The van der Waals surface area contributed by atoms with Gasteiger partial charge >= 0.3 is 0 Å². The van der Waals surface area contributed by atoms with Gasteiger partial charge in [0.25, 0.3) is 0 Å². The van der Waals surface area contributed by atoms with Crippen LogP contribution >= 0.6 is 0 Å². The highest BCUT2D eigenvalue weighted by molar-refractivity contribution is 7.89. The van der Waals surface area contributed by atoms with E-state index in [9.17, 15) is 12.8 Å². The fourth-order valence-electron chi connectivity index (χ4n) is 2.14. The number of sulfonamides is 1. The third-order valence-corrected chi connectivity index (χ3v) is 4.84. The van der Waals surface area contributed by atoms with Gasteiger partial charge in [-0.3, -0.25) is 0 Å². The summed E-state index contributed by atoms with van der Waals surface area (Å²) < 4.78 is 38.9. The summed E-state index contributed by atoms with van der Waals surface area (Å²) in [5.74, 6) is -0.244. The fraction of sp³-hybridized carbons (Fsp3) is 0.250. The Morgan fingerprint density at radius 2 is 1.86 bits per heavy atom. The highest BCUT2D eigenvalue weighted by Crippen LogP contribution is 2.12. The smallest absolute Gasteiger partial charge is 0.240 e. The molecule has 22 heavy (non-hydrogen) atoms. The molecule has 0 radical (unpaired) electrons. The normalized spacial score (nSPS) is 11.6. The van der Waals surface area contributed by atoms with Gasteiger partial charge in [-0.15, -0.1) is 0 Å². The quantitative estimate of drug-likeness (QED) is 0.858. The average Bonchev–Trinajstić information content (AvgIpc) is 2.50. The molecule has 0 aromatic heterocycles. The van der Waals surface area contributed by atoms with Crippen molar-refractivity contribution in [3.8, 4) is 0 Å². The summed E-state index contributed by atoms with van der Waals surface area (Å²) >= 11 is 0. The van der Waals surface area contributed by atoms with E-state index in [0.717, 1.165) is 16.7 Å². The second-order valence-electron chi connectivity index (χ2n) is 5.03. The van der Waals surface area contributed by atoms with Crippen LogP contribution in [0.15, 0.2) is 47.4 Å². The summed E-state index contributed by atoms with van der Waals surface area (Å²) in [6.07, 6.45) is 0. The predicted molar refractivity (Wildman–Crippen MR) is 84.4 cm³/mol. The minimum Gasteiger partial charge on any atom is -0.309 e. The molecule has 2 aromatic carbocycles. The van der Waals surface area contributed by atoms with E-state index < -0.39 is 10.0 Å². The molecule has 0 heterocycles. The van der Waals surface area contributed by atoms with Gasteiger partial charge in [0.15, 0.2) is 0 Å². The molecule has 2 aromatic rings. The Morgan fingerprint density at radius 3 is 2.55 bits per heavy atom. The molecular formula is C16H19FN2O2S. The van der Waals surface area contributed by atoms with E-state index in [-0.39, 0.29) is 10.7 Å². The summed E-state index contributed by atoms with van der Waals surface area (Å²) in [5, 5.41) is 3.24. The van der Waals surface area contributed by atoms with E-state index in [2.05, 4.69) is 10.0 Å². The molecule has 0 bridgehead atoms. The first kappa shape index (κ1) is 16.6. The lowest BCUT2D eigenvalue weighted by molar-refractivity contribution is 0.588.